The van der Waals surface area contributed by atoms with Gasteiger partial charge in [0.15, 0.2) is 5.78 Å². The first-order chi connectivity index (χ1) is 14.4. The molecule has 0 radical (unpaired) electrons. The number of carbonyl (C=O) groups excluding carboxylic acids is 2. The van der Waals surface area contributed by atoms with Crippen molar-refractivity contribution < 1.29 is 14.0 Å². The molecule has 1 heterocycles. The van der Waals surface area contributed by atoms with Gasteiger partial charge in [-0.25, -0.2) is 4.39 Å². The van der Waals surface area contributed by atoms with E-state index in [0.29, 0.717) is 19.0 Å². The first kappa shape index (κ1) is 22.2. The summed E-state index contributed by atoms with van der Waals surface area (Å²) < 4.78 is 12.9. The minimum absolute atomic E-state index is 0.0273. The molecule has 1 N–H and O–H groups in total. The van der Waals surface area contributed by atoms with Crippen LogP contribution in [0.25, 0.3) is 0 Å². The SMILES string of the molecule is CC(C)Cc1ccc(C(=O)C2CCN(CC(=O)NCc3ccc(F)cc3)CC2)cc1. The maximum absolute atomic E-state index is 12.9. The second-order valence-electron chi connectivity index (χ2n) is 8.61. The number of piperidine rings is 1. The molecule has 30 heavy (non-hydrogen) atoms. The molecule has 3 rings (SSSR count). The van der Waals surface area contributed by atoms with Crippen LogP contribution in [0.15, 0.2) is 48.5 Å². The Balaban J connectivity index is 1.42. The summed E-state index contributed by atoms with van der Waals surface area (Å²) in [6.07, 6.45) is 2.58. The first-order valence-corrected chi connectivity index (χ1v) is 10.8. The van der Waals surface area contributed by atoms with Gasteiger partial charge in [-0.3, -0.25) is 14.5 Å². The number of benzene rings is 2. The Hall–Kier alpha value is -2.53. The van der Waals surface area contributed by atoms with E-state index in [-0.39, 0.29) is 23.4 Å². The van der Waals surface area contributed by atoms with Crippen LogP contribution in [0.4, 0.5) is 4.39 Å². The molecule has 1 saturated heterocycles. The standard InChI is InChI=1S/C25H31FN2O2/c1-18(2)15-19-3-7-21(8-4-19)25(30)22-11-13-28(14-12-22)17-24(29)27-16-20-5-9-23(26)10-6-20/h3-10,18,22H,11-17H2,1-2H3,(H,27,29). The quantitative estimate of drug-likeness (QED) is 0.663. The van der Waals surface area contributed by atoms with Crippen molar-refractivity contribution in [2.45, 2.75) is 39.7 Å². The fourth-order valence-electron chi connectivity index (χ4n) is 3.93. The van der Waals surface area contributed by atoms with Gasteiger partial charge in [0.25, 0.3) is 0 Å². The second-order valence-corrected chi connectivity index (χ2v) is 8.61. The van der Waals surface area contributed by atoms with Crippen molar-refractivity contribution in [2.75, 3.05) is 19.6 Å². The number of likely N-dealkylation sites (tertiary alicyclic amines) is 1. The average molecular weight is 411 g/mol. The molecular formula is C25H31FN2O2. The van der Waals surface area contributed by atoms with E-state index >= 15 is 0 Å². The summed E-state index contributed by atoms with van der Waals surface area (Å²) in [7, 11) is 0. The van der Waals surface area contributed by atoms with E-state index in [0.717, 1.165) is 43.5 Å². The van der Waals surface area contributed by atoms with Crippen LogP contribution in [0.3, 0.4) is 0 Å². The lowest BCUT2D eigenvalue weighted by atomic mass is 9.88. The molecule has 2 aromatic rings. The number of halogens is 1. The molecule has 0 saturated carbocycles. The van der Waals surface area contributed by atoms with Crippen LogP contribution in [-0.4, -0.2) is 36.2 Å². The molecule has 1 amide bonds. The van der Waals surface area contributed by atoms with Crippen molar-refractivity contribution in [3.05, 3.63) is 71.0 Å². The highest BCUT2D eigenvalue weighted by Gasteiger charge is 2.26. The molecular weight excluding hydrogens is 379 g/mol. The monoisotopic (exact) mass is 410 g/mol. The van der Waals surface area contributed by atoms with Crippen LogP contribution in [0.2, 0.25) is 0 Å². The summed E-state index contributed by atoms with van der Waals surface area (Å²) in [5.74, 6) is 0.508. The molecule has 0 aromatic heterocycles. The van der Waals surface area contributed by atoms with E-state index < -0.39 is 0 Å². The topological polar surface area (TPSA) is 49.4 Å². The molecule has 0 atom stereocenters. The second kappa shape index (κ2) is 10.5. The molecule has 0 spiro atoms. The molecule has 160 valence electrons. The van der Waals surface area contributed by atoms with Gasteiger partial charge in [-0.15, -0.1) is 0 Å². The first-order valence-electron chi connectivity index (χ1n) is 10.8. The maximum atomic E-state index is 12.9. The number of ketones is 1. The molecule has 1 aliphatic heterocycles. The van der Waals surface area contributed by atoms with Crippen LogP contribution in [0.5, 0.6) is 0 Å². The van der Waals surface area contributed by atoms with E-state index in [1.807, 2.05) is 12.1 Å². The van der Waals surface area contributed by atoms with Gasteiger partial charge < -0.3 is 5.32 Å². The molecule has 1 fully saturated rings. The average Bonchev–Trinajstić information content (AvgIpc) is 2.73. The van der Waals surface area contributed by atoms with Crippen LogP contribution in [0.1, 0.15) is 48.2 Å². The van der Waals surface area contributed by atoms with Gasteiger partial charge in [-0.05, 0) is 61.5 Å². The summed E-state index contributed by atoms with van der Waals surface area (Å²) >= 11 is 0. The zero-order chi connectivity index (χ0) is 21.5. The van der Waals surface area contributed by atoms with Crippen molar-refractivity contribution in [1.29, 1.82) is 0 Å². The van der Waals surface area contributed by atoms with Crippen LogP contribution in [-0.2, 0) is 17.8 Å². The Kier molecular flexibility index (Phi) is 7.75. The predicted molar refractivity (Wildman–Crippen MR) is 117 cm³/mol. The van der Waals surface area contributed by atoms with Crippen molar-refractivity contribution in [3.8, 4) is 0 Å². The lowest BCUT2D eigenvalue weighted by Crippen LogP contribution is -2.42. The molecule has 5 heteroatoms. The Bertz CT molecular complexity index is 838. The highest BCUT2D eigenvalue weighted by Crippen LogP contribution is 2.22. The van der Waals surface area contributed by atoms with E-state index in [9.17, 15) is 14.0 Å². The minimum atomic E-state index is -0.283. The van der Waals surface area contributed by atoms with Gasteiger partial charge in [0.1, 0.15) is 5.82 Å². The van der Waals surface area contributed by atoms with Gasteiger partial charge >= 0.3 is 0 Å². The number of hydrogen-bond acceptors (Lipinski definition) is 3. The smallest absolute Gasteiger partial charge is 0.234 e. The molecule has 0 unspecified atom stereocenters. The highest BCUT2D eigenvalue weighted by atomic mass is 19.1. The van der Waals surface area contributed by atoms with Gasteiger partial charge in [-0.2, -0.15) is 0 Å². The normalized spacial score (nSPS) is 15.3. The van der Waals surface area contributed by atoms with Crippen molar-refractivity contribution in [2.24, 2.45) is 11.8 Å². The van der Waals surface area contributed by atoms with E-state index in [1.165, 1.54) is 17.7 Å². The molecule has 1 aliphatic rings. The van der Waals surface area contributed by atoms with Crippen molar-refractivity contribution in [1.82, 2.24) is 10.2 Å². The molecule has 0 aliphatic carbocycles. The lowest BCUT2D eigenvalue weighted by Gasteiger charge is -2.30. The number of carbonyl (C=O) groups is 2. The summed E-state index contributed by atoms with van der Waals surface area (Å²) in [6, 6.07) is 14.2. The number of hydrogen-bond donors (Lipinski definition) is 1. The Morgan fingerprint density at radius 3 is 2.20 bits per heavy atom. The number of Topliss-reactive ketones (excluding diaryl/α,β-unsaturated/α-hetero) is 1. The maximum Gasteiger partial charge on any atom is 0.234 e. The minimum Gasteiger partial charge on any atom is -0.351 e. The number of nitrogens with zero attached hydrogens (tertiary/aromatic N) is 1. The van der Waals surface area contributed by atoms with Crippen LogP contribution in [0, 0.1) is 17.7 Å². The summed E-state index contributed by atoms with van der Waals surface area (Å²) in [6.45, 7) is 6.58. The van der Waals surface area contributed by atoms with Crippen molar-refractivity contribution in [3.63, 3.8) is 0 Å². The number of rotatable bonds is 8. The third-order valence-corrected chi connectivity index (χ3v) is 5.61. The predicted octanol–water partition coefficient (Wildman–Crippen LogP) is 4.24. The third kappa shape index (κ3) is 6.49. The third-order valence-electron chi connectivity index (χ3n) is 5.61. The van der Waals surface area contributed by atoms with E-state index in [2.05, 4.69) is 36.2 Å². The summed E-state index contributed by atoms with van der Waals surface area (Å²) in [4.78, 5) is 27.1. The van der Waals surface area contributed by atoms with E-state index in [4.69, 9.17) is 0 Å². The molecule has 2 aromatic carbocycles. The van der Waals surface area contributed by atoms with E-state index in [1.54, 1.807) is 12.1 Å². The molecule has 0 bridgehead atoms. The fourth-order valence-corrected chi connectivity index (χ4v) is 3.93. The zero-order valence-electron chi connectivity index (χ0n) is 17.9. The number of nitrogens with one attached hydrogen (secondary N) is 1. The van der Waals surface area contributed by atoms with Gasteiger partial charge in [0.2, 0.25) is 5.91 Å². The largest absolute Gasteiger partial charge is 0.351 e. The van der Waals surface area contributed by atoms with Gasteiger partial charge in [-0.1, -0.05) is 50.2 Å². The fraction of sp³-hybridized carbons (Fsp3) is 0.440. The van der Waals surface area contributed by atoms with Crippen LogP contribution < -0.4 is 5.32 Å². The Morgan fingerprint density at radius 2 is 1.60 bits per heavy atom. The van der Waals surface area contributed by atoms with Gasteiger partial charge in [0.05, 0.1) is 6.54 Å². The highest BCUT2D eigenvalue weighted by molar-refractivity contribution is 5.98. The van der Waals surface area contributed by atoms with Crippen LogP contribution >= 0.6 is 0 Å². The zero-order valence-corrected chi connectivity index (χ0v) is 17.9. The number of amides is 1. The Labute approximate surface area is 178 Å². The molecule has 4 nitrogen and oxygen atoms in total. The summed E-state index contributed by atoms with van der Waals surface area (Å²) in [5.41, 5.74) is 2.93. The Morgan fingerprint density at radius 1 is 1.00 bits per heavy atom. The summed E-state index contributed by atoms with van der Waals surface area (Å²) in [5, 5.41) is 2.87. The lowest BCUT2D eigenvalue weighted by molar-refractivity contribution is -0.122. The van der Waals surface area contributed by atoms with Crippen molar-refractivity contribution >= 4 is 11.7 Å². The van der Waals surface area contributed by atoms with Gasteiger partial charge in [0, 0.05) is 18.0 Å².